The van der Waals surface area contributed by atoms with Crippen molar-refractivity contribution in [3.8, 4) is 0 Å². The Bertz CT molecular complexity index is 535. The maximum absolute atomic E-state index is 10.9. The molecule has 1 rings (SSSR count). The van der Waals surface area contributed by atoms with Crippen molar-refractivity contribution < 1.29 is 34.7 Å². The molecule has 0 saturated heterocycles. The first kappa shape index (κ1) is 26.6. The molecular weight excluding hydrogens is 396 g/mol. The van der Waals surface area contributed by atoms with Gasteiger partial charge in [0.25, 0.3) is 0 Å². The molecule has 11 nitrogen and oxygen atoms in total. The molecular formula is C19H36N4O7. The summed E-state index contributed by atoms with van der Waals surface area (Å²) in [5, 5.41) is 47.8. The second-order valence-electron chi connectivity index (χ2n) is 7.41. The summed E-state index contributed by atoms with van der Waals surface area (Å²) in [4.78, 5) is 10.9. The number of aromatic nitrogens is 3. The fraction of sp³-hybridized carbons (Fsp3) is 0.842. The van der Waals surface area contributed by atoms with E-state index in [1.54, 1.807) is 11.7 Å². The van der Waals surface area contributed by atoms with Crippen LogP contribution in [0.15, 0.2) is 6.20 Å². The third kappa shape index (κ3) is 10.5. The number of aliphatic hydroxyl groups excluding tert-OH is 4. The monoisotopic (exact) mass is 432 g/mol. The molecule has 0 spiro atoms. The molecule has 5 N–H and O–H groups in total. The number of hydrogen-bond acceptors (Lipinski definition) is 10. The largest absolute Gasteiger partial charge is 0.396 e. The number of rotatable bonds is 19. The minimum Gasteiger partial charge on any atom is -0.396 e. The second kappa shape index (κ2) is 16.3. The molecule has 0 bridgehead atoms. The molecule has 0 aliphatic rings. The first-order valence-corrected chi connectivity index (χ1v) is 10.2. The van der Waals surface area contributed by atoms with Gasteiger partial charge in [0.15, 0.2) is 0 Å². The first-order chi connectivity index (χ1) is 14.6. The van der Waals surface area contributed by atoms with Gasteiger partial charge in [-0.2, -0.15) is 0 Å². The molecule has 174 valence electrons. The highest BCUT2D eigenvalue weighted by molar-refractivity contribution is 5.57. The molecule has 0 amide bonds. The van der Waals surface area contributed by atoms with Crippen LogP contribution in [0.3, 0.4) is 0 Å². The highest BCUT2D eigenvalue weighted by Gasteiger charge is 2.16. The quantitative estimate of drug-likeness (QED) is 0.153. The predicted octanol–water partition coefficient (Wildman–Crippen LogP) is -2.15. The van der Waals surface area contributed by atoms with E-state index in [2.05, 4.69) is 15.6 Å². The standard InChI is InChI=1S/C19H36N4O7/c1-20-19(10-28)3-2-18-5-23(22-21-18)4-15(11-29-13-16(6-24)7-25)12-30-14-17(8-26)9-27/h5,10,15-17,19-20,24-27H,2-4,6-9,11-14H2,1H3. The van der Waals surface area contributed by atoms with Crippen molar-refractivity contribution in [2.75, 3.05) is 59.9 Å². The SMILES string of the molecule is CNC(C=O)CCc1cn(CC(COCC(CO)CO)COCC(CO)CO)nn1. The van der Waals surface area contributed by atoms with Crippen molar-refractivity contribution in [2.45, 2.75) is 25.4 Å². The van der Waals surface area contributed by atoms with Crippen LogP contribution in [0.5, 0.6) is 0 Å². The number of nitrogens with zero attached hydrogens (tertiary/aromatic N) is 3. The Labute approximate surface area is 177 Å². The van der Waals surface area contributed by atoms with Crippen molar-refractivity contribution >= 4 is 6.29 Å². The molecule has 11 heteroatoms. The molecule has 1 atom stereocenters. The van der Waals surface area contributed by atoms with Crippen molar-refractivity contribution in [3.63, 3.8) is 0 Å². The van der Waals surface area contributed by atoms with Gasteiger partial charge in [0, 0.05) is 30.5 Å². The zero-order valence-corrected chi connectivity index (χ0v) is 17.6. The van der Waals surface area contributed by atoms with Gasteiger partial charge >= 0.3 is 0 Å². The summed E-state index contributed by atoms with van der Waals surface area (Å²) in [5.74, 6) is -0.762. The molecule has 0 aliphatic heterocycles. The van der Waals surface area contributed by atoms with Crippen LogP contribution >= 0.6 is 0 Å². The third-order valence-corrected chi connectivity index (χ3v) is 4.72. The molecule has 0 aliphatic carbocycles. The van der Waals surface area contributed by atoms with Crippen molar-refractivity contribution in [2.24, 2.45) is 17.8 Å². The summed E-state index contributed by atoms with van der Waals surface area (Å²) in [6.45, 7) is 0.921. The van der Waals surface area contributed by atoms with E-state index < -0.39 is 0 Å². The van der Waals surface area contributed by atoms with Crippen LogP contribution in [0.1, 0.15) is 12.1 Å². The highest BCUT2D eigenvalue weighted by atomic mass is 16.5. The van der Waals surface area contributed by atoms with Crippen molar-refractivity contribution in [1.82, 2.24) is 20.3 Å². The summed E-state index contributed by atoms with van der Waals surface area (Å²) in [7, 11) is 1.73. The molecule has 1 aromatic heterocycles. The Morgan fingerprint density at radius 1 is 1.00 bits per heavy atom. The summed E-state index contributed by atoms with van der Waals surface area (Å²) < 4.78 is 12.9. The van der Waals surface area contributed by atoms with Gasteiger partial charge in [0.2, 0.25) is 0 Å². The van der Waals surface area contributed by atoms with Gasteiger partial charge in [-0.1, -0.05) is 5.21 Å². The van der Waals surface area contributed by atoms with Gasteiger partial charge in [-0.15, -0.1) is 5.10 Å². The molecule has 1 unspecified atom stereocenters. The normalized spacial score (nSPS) is 12.9. The molecule has 0 radical (unpaired) electrons. The van der Waals surface area contributed by atoms with E-state index in [9.17, 15) is 4.79 Å². The van der Waals surface area contributed by atoms with E-state index >= 15 is 0 Å². The number of ether oxygens (including phenoxy) is 2. The van der Waals surface area contributed by atoms with Crippen molar-refractivity contribution in [1.29, 1.82) is 0 Å². The van der Waals surface area contributed by atoms with Crippen LogP contribution in [-0.2, 0) is 27.2 Å². The topological polar surface area (TPSA) is 159 Å². The number of aliphatic hydroxyl groups is 4. The summed E-state index contributed by atoms with van der Waals surface area (Å²) in [6, 6.07) is -0.221. The van der Waals surface area contributed by atoms with Gasteiger partial charge in [-0.25, -0.2) is 0 Å². The van der Waals surface area contributed by atoms with E-state index in [1.165, 1.54) is 0 Å². The van der Waals surface area contributed by atoms with E-state index in [0.717, 1.165) is 12.0 Å². The number of aryl methyl sites for hydroxylation is 1. The molecule has 0 aromatic carbocycles. The Hall–Kier alpha value is -1.47. The van der Waals surface area contributed by atoms with Gasteiger partial charge < -0.3 is 40.0 Å². The second-order valence-corrected chi connectivity index (χ2v) is 7.41. The number of carbonyl (C=O) groups is 1. The summed E-state index contributed by atoms with van der Waals surface area (Å²) in [6.07, 6.45) is 3.93. The van der Waals surface area contributed by atoms with E-state index in [4.69, 9.17) is 29.9 Å². The first-order valence-electron chi connectivity index (χ1n) is 10.2. The van der Waals surface area contributed by atoms with Crippen LogP contribution < -0.4 is 5.32 Å². The molecule has 30 heavy (non-hydrogen) atoms. The lowest BCUT2D eigenvalue weighted by molar-refractivity contribution is -0.109. The zero-order chi connectivity index (χ0) is 22.2. The molecule has 0 saturated carbocycles. The number of nitrogens with one attached hydrogen (secondary N) is 1. The minimum atomic E-state index is -0.337. The minimum absolute atomic E-state index is 0.0874. The third-order valence-electron chi connectivity index (χ3n) is 4.72. The van der Waals surface area contributed by atoms with Crippen LogP contribution in [0.25, 0.3) is 0 Å². The number of hydrogen-bond donors (Lipinski definition) is 5. The smallest absolute Gasteiger partial charge is 0.136 e. The Balaban J connectivity index is 2.59. The van der Waals surface area contributed by atoms with Gasteiger partial charge in [-0.05, 0) is 19.9 Å². The van der Waals surface area contributed by atoms with Crippen molar-refractivity contribution in [3.05, 3.63) is 11.9 Å². The maximum atomic E-state index is 10.9. The Kier molecular flexibility index (Phi) is 14.4. The maximum Gasteiger partial charge on any atom is 0.136 e. The summed E-state index contributed by atoms with van der Waals surface area (Å²) >= 11 is 0. The van der Waals surface area contributed by atoms with Crippen LogP contribution in [-0.4, -0.2) is 108 Å². The zero-order valence-electron chi connectivity index (χ0n) is 17.6. The van der Waals surface area contributed by atoms with E-state index in [-0.39, 0.29) is 63.4 Å². The van der Waals surface area contributed by atoms with E-state index in [0.29, 0.717) is 32.6 Å². The average molecular weight is 433 g/mol. The summed E-state index contributed by atoms with van der Waals surface area (Å²) in [5.41, 5.74) is 0.777. The highest BCUT2D eigenvalue weighted by Crippen LogP contribution is 2.08. The van der Waals surface area contributed by atoms with E-state index in [1.807, 2.05) is 6.20 Å². The lowest BCUT2D eigenvalue weighted by atomic mass is 10.1. The average Bonchev–Trinajstić information content (AvgIpc) is 3.22. The lowest BCUT2D eigenvalue weighted by Gasteiger charge is -2.20. The van der Waals surface area contributed by atoms with Crippen LogP contribution in [0.2, 0.25) is 0 Å². The van der Waals surface area contributed by atoms with Crippen LogP contribution in [0, 0.1) is 17.8 Å². The van der Waals surface area contributed by atoms with Gasteiger partial charge in [0.1, 0.15) is 6.29 Å². The molecule has 0 fully saturated rings. The van der Waals surface area contributed by atoms with Gasteiger partial charge in [0.05, 0.1) is 64.6 Å². The molecule has 1 aromatic rings. The lowest BCUT2D eigenvalue weighted by Crippen LogP contribution is -2.27. The van der Waals surface area contributed by atoms with Gasteiger partial charge in [-0.3, -0.25) is 4.68 Å². The number of carbonyl (C=O) groups excluding carboxylic acids is 1. The fourth-order valence-electron chi connectivity index (χ4n) is 2.67. The molecule has 1 heterocycles. The predicted molar refractivity (Wildman–Crippen MR) is 108 cm³/mol. The number of aldehydes is 1. The fourth-order valence-corrected chi connectivity index (χ4v) is 2.67. The number of likely N-dealkylation sites (N-methyl/N-ethyl adjacent to an activating group) is 1. The Morgan fingerprint density at radius 3 is 2.00 bits per heavy atom. The van der Waals surface area contributed by atoms with Crippen LogP contribution in [0.4, 0.5) is 0 Å². The Morgan fingerprint density at radius 2 is 1.53 bits per heavy atom.